The Hall–Kier alpha value is -1.22. The second-order valence-corrected chi connectivity index (χ2v) is 4.06. The first-order valence-corrected chi connectivity index (χ1v) is 5.00. The first-order valence-electron chi connectivity index (χ1n) is 5.00. The van der Waals surface area contributed by atoms with Gasteiger partial charge >= 0.3 is 0 Å². The van der Waals surface area contributed by atoms with E-state index in [2.05, 4.69) is 0 Å². The molecule has 0 aliphatic carbocycles. The van der Waals surface area contributed by atoms with Gasteiger partial charge in [0.2, 0.25) is 0 Å². The molecule has 0 atom stereocenters. The van der Waals surface area contributed by atoms with Crippen LogP contribution < -0.4 is 4.74 Å². The average molecular weight is 210 g/mol. The summed E-state index contributed by atoms with van der Waals surface area (Å²) < 4.78 is 10.8. The summed E-state index contributed by atoms with van der Waals surface area (Å²) in [6.45, 7) is 4.60. The molecule has 0 heterocycles. The number of hydrogen-bond acceptors (Lipinski definition) is 3. The minimum Gasteiger partial charge on any atom is -0.508 e. The summed E-state index contributed by atoms with van der Waals surface area (Å²) in [5.74, 6) is 0.903. The number of methoxy groups -OCH3 is 1. The second-order valence-electron chi connectivity index (χ2n) is 4.06. The number of phenolic OH excluding ortho intramolecular Hbond substituents is 1. The Morgan fingerprint density at radius 2 is 2.07 bits per heavy atom. The molecule has 0 aliphatic heterocycles. The average Bonchev–Trinajstić information content (AvgIpc) is 2.18. The summed E-state index contributed by atoms with van der Waals surface area (Å²) in [7, 11) is 1.69. The van der Waals surface area contributed by atoms with Gasteiger partial charge in [0.1, 0.15) is 11.5 Å². The van der Waals surface area contributed by atoms with Gasteiger partial charge in [-0.2, -0.15) is 0 Å². The first kappa shape index (κ1) is 11.9. The van der Waals surface area contributed by atoms with Gasteiger partial charge < -0.3 is 14.6 Å². The standard InChI is InChI=1S/C12H18O3/c1-12(2,14-3)7-8-15-11-6-4-5-10(13)9-11/h4-6,9,13H,7-8H2,1-3H3. The van der Waals surface area contributed by atoms with Crippen molar-refractivity contribution in [2.75, 3.05) is 13.7 Å². The second kappa shape index (κ2) is 5.03. The maximum Gasteiger partial charge on any atom is 0.122 e. The quantitative estimate of drug-likeness (QED) is 0.811. The topological polar surface area (TPSA) is 38.7 Å². The molecule has 3 nitrogen and oxygen atoms in total. The molecule has 1 N–H and O–H groups in total. The molecule has 3 heteroatoms. The largest absolute Gasteiger partial charge is 0.508 e. The van der Waals surface area contributed by atoms with Gasteiger partial charge in [0, 0.05) is 19.6 Å². The van der Waals surface area contributed by atoms with E-state index in [1.54, 1.807) is 25.3 Å². The smallest absolute Gasteiger partial charge is 0.122 e. The van der Waals surface area contributed by atoms with Crippen LogP contribution in [0.5, 0.6) is 11.5 Å². The molecule has 0 saturated heterocycles. The summed E-state index contributed by atoms with van der Waals surface area (Å²) in [4.78, 5) is 0. The van der Waals surface area contributed by atoms with E-state index in [4.69, 9.17) is 9.47 Å². The van der Waals surface area contributed by atoms with Gasteiger partial charge in [0.15, 0.2) is 0 Å². The Morgan fingerprint density at radius 1 is 1.33 bits per heavy atom. The van der Waals surface area contributed by atoms with E-state index in [0.717, 1.165) is 6.42 Å². The van der Waals surface area contributed by atoms with E-state index in [1.807, 2.05) is 19.9 Å². The zero-order valence-corrected chi connectivity index (χ0v) is 9.49. The van der Waals surface area contributed by atoms with E-state index in [1.165, 1.54) is 0 Å². The van der Waals surface area contributed by atoms with E-state index in [9.17, 15) is 5.11 Å². The molecular formula is C12H18O3. The van der Waals surface area contributed by atoms with E-state index in [0.29, 0.717) is 12.4 Å². The normalized spacial score (nSPS) is 11.4. The van der Waals surface area contributed by atoms with Gasteiger partial charge in [-0.3, -0.25) is 0 Å². The van der Waals surface area contributed by atoms with Crippen LogP contribution in [-0.4, -0.2) is 24.4 Å². The number of ether oxygens (including phenoxy) is 2. The third-order valence-corrected chi connectivity index (χ3v) is 2.34. The van der Waals surface area contributed by atoms with Crippen LogP contribution in [0.4, 0.5) is 0 Å². The van der Waals surface area contributed by atoms with Crippen LogP contribution in [0.15, 0.2) is 24.3 Å². The van der Waals surface area contributed by atoms with Gasteiger partial charge in [-0.25, -0.2) is 0 Å². The van der Waals surface area contributed by atoms with Crippen molar-refractivity contribution in [1.82, 2.24) is 0 Å². The van der Waals surface area contributed by atoms with E-state index < -0.39 is 0 Å². The van der Waals surface area contributed by atoms with Crippen molar-refractivity contribution in [2.45, 2.75) is 25.9 Å². The fraction of sp³-hybridized carbons (Fsp3) is 0.500. The third-order valence-electron chi connectivity index (χ3n) is 2.34. The maximum absolute atomic E-state index is 9.21. The maximum atomic E-state index is 9.21. The fourth-order valence-corrected chi connectivity index (χ4v) is 1.09. The summed E-state index contributed by atoms with van der Waals surface area (Å²) in [5.41, 5.74) is -0.170. The number of benzene rings is 1. The predicted molar refractivity (Wildman–Crippen MR) is 59.3 cm³/mol. The highest BCUT2D eigenvalue weighted by molar-refractivity contribution is 5.31. The minimum absolute atomic E-state index is 0.170. The molecule has 0 spiro atoms. The number of phenols is 1. The molecule has 0 saturated carbocycles. The van der Waals surface area contributed by atoms with Gasteiger partial charge in [0.25, 0.3) is 0 Å². The number of aromatic hydroxyl groups is 1. The molecule has 0 unspecified atom stereocenters. The molecule has 1 rings (SSSR count). The summed E-state index contributed by atoms with van der Waals surface area (Å²) in [6.07, 6.45) is 0.805. The van der Waals surface area contributed by atoms with Crippen LogP contribution >= 0.6 is 0 Å². The van der Waals surface area contributed by atoms with E-state index >= 15 is 0 Å². The Kier molecular flexibility index (Phi) is 3.97. The number of rotatable bonds is 5. The zero-order chi connectivity index (χ0) is 11.3. The van der Waals surface area contributed by atoms with Crippen molar-refractivity contribution in [3.63, 3.8) is 0 Å². The Balaban J connectivity index is 2.38. The van der Waals surface area contributed by atoms with Gasteiger partial charge in [-0.1, -0.05) is 6.07 Å². The summed E-state index contributed by atoms with van der Waals surface area (Å²) in [6, 6.07) is 6.79. The Morgan fingerprint density at radius 3 is 2.67 bits per heavy atom. The molecule has 0 radical (unpaired) electrons. The van der Waals surface area contributed by atoms with E-state index in [-0.39, 0.29) is 11.4 Å². The molecule has 0 bridgehead atoms. The van der Waals surface area contributed by atoms with Crippen LogP contribution in [0, 0.1) is 0 Å². The molecule has 0 amide bonds. The lowest BCUT2D eigenvalue weighted by Crippen LogP contribution is -2.25. The monoisotopic (exact) mass is 210 g/mol. The third kappa shape index (κ3) is 4.21. The summed E-state index contributed by atoms with van der Waals surface area (Å²) in [5, 5.41) is 9.21. The lowest BCUT2D eigenvalue weighted by atomic mass is 10.1. The van der Waals surface area contributed by atoms with Crippen molar-refractivity contribution in [2.24, 2.45) is 0 Å². The van der Waals surface area contributed by atoms with Crippen molar-refractivity contribution in [3.8, 4) is 11.5 Å². The number of hydrogen-bond donors (Lipinski definition) is 1. The molecule has 0 aliphatic rings. The molecule has 15 heavy (non-hydrogen) atoms. The fourth-order valence-electron chi connectivity index (χ4n) is 1.09. The van der Waals surface area contributed by atoms with Gasteiger partial charge in [-0.15, -0.1) is 0 Å². The van der Waals surface area contributed by atoms with Crippen LogP contribution in [0.25, 0.3) is 0 Å². The Labute approximate surface area is 90.6 Å². The molecule has 1 aromatic carbocycles. The lowest BCUT2D eigenvalue weighted by Gasteiger charge is -2.22. The molecule has 0 aromatic heterocycles. The van der Waals surface area contributed by atoms with Crippen molar-refractivity contribution >= 4 is 0 Å². The lowest BCUT2D eigenvalue weighted by molar-refractivity contribution is 0.00545. The Bertz CT molecular complexity index is 307. The van der Waals surface area contributed by atoms with Crippen LogP contribution in [0.3, 0.4) is 0 Å². The highest BCUT2D eigenvalue weighted by atomic mass is 16.5. The first-order chi connectivity index (χ1) is 7.03. The van der Waals surface area contributed by atoms with Crippen molar-refractivity contribution in [3.05, 3.63) is 24.3 Å². The highest BCUT2D eigenvalue weighted by Crippen LogP contribution is 2.19. The molecule has 1 aromatic rings. The van der Waals surface area contributed by atoms with Crippen LogP contribution in [-0.2, 0) is 4.74 Å². The molecule has 84 valence electrons. The highest BCUT2D eigenvalue weighted by Gasteiger charge is 2.15. The predicted octanol–water partition coefficient (Wildman–Crippen LogP) is 2.59. The molecule has 0 fully saturated rings. The zero-order valence-electron chi connectivity index (χ0n) is 9.49. The van der Waals surface area contributed by atoms with Crippen LogP contribution in [0.1, 0.15) is 20.3 Å². The van der Waals surface area contributed by atoms with Crippen LogP contribution in [0.2, 0.25) is 0 Å². The van der Waals surface area contributed by atoms with Crippen molar-refractivity contribution < 1.29 is 14.6 Å². The van der Waals surface area contributed by atoms with Crippen molar-refractivity contribution in [1.29, 1.82) is 0 Å². The minimum atomic E-state index is -0.170. The summed E-state index contributed by atoms with van der Waals surface area (Å²) >= 11 is 0. The van der Waals surface area contributed by atoms with Gasteiger partial charge in [0.05, 0.1) is 12.2 Å². The molecular weight excluding hydrogens is 192 g/mol. The SMILES string of the molecule is COC(C)(C)CCOc1cccc(O)c1. The van der Waals surface area contributed by atoms with Gasteiger partial charge in [-0.05, 0) is 26.0 Å².